The van der Waals surface area contributed by atoms with E-state index in [4.69, 9.17) is 9.47 Å². The van der Waals surface area contributed by atoms with Crippen molar-refractivity contribution in [3.63, 3.8) is 0 Å². The lowest BCUT2D eigenvalue weighted by Gasteiger charge is -2.31. The van der Waals surface area contributed by atoms with Gasteiger partial charge in [0, 0.05) is 24.2 Å². The second-order valence-electron chi connectivity index (χ2n) is 6.57. The van der Waals surface area contributed by atoms with E-state index in [9.17, 15) is 9.59 Å². The van der Waals surface area contributed by atoms with Crippen molar-refractivity contribution in [2.45, 2.75) is 31.1 Å². The van der Waals surface area contributed by atoms with Gasteiger partial charge >= 0.3 is 0 Å². The monoisotopic (exact) mass is 377 g/mol. The topological polar surface area (TPSA) is 99.4 Å². The number of hydrogen-bond acceptors (Lipinski definition) is 8. The van der Waals surface area contributed by atoms with Crippen molar-refractivity contribution >= 4 is 17.4 Å². The Balaban J connectivity index is 1.46. The molecule has 4 heterocycles. The maximum atomic E-state index is 12.6. The number of hydrogen-bond donors (Lipinski definition) is 0. The van der Waals surface area contributed by atoms with Gasteiger partial charge in [-0.15, -0.1) is 5.10 Å². The van der Waals surface area contributed by atoms with E-state index < -0.39 is 5.60 Å². The van der Waals surface area contributed by atoms with Gasteiger partial charge in [0.1, 0.15) is 5.60 Å². The first-order chi connectivity index (χ1) is 12.7. The number of amides is 1. The van der Waals surface area contributed by atoms with Crippen molar-refractivity contribution < 1.29 is 14.3 Å². The molecule has 2 atom stereocenters. The summed E-state index contributed by atoms with van der Waals surface area (Å²) in [5.74, 6) is -0.156. The zero-order valence-corrected chi connectivity index (χ0v) is 14.9. The first kappa shape index (κ1) is 17.3. The van der Waals surface area contributed by atoms with Crippen LogP contribution < -0.4 is 5.56 Å². The van der Waals surface area contributed by atoms with Crippen LogP contribution in [0.1, 0.15) is 23.3 Å². The lowest BCUT2D eigenvalue weighted by atomic mass is 10.00. The number of ether oxygens (including phenoxy) is 2. The van der Waals surface area contributed by atoms with Gasteiger partial charge in [-0.3, -0.25) is 9.59 Å². The Labute approximate surface area is 153 Å². The fourth-order valence-corrected chi connectivity index (χ4v) is 3.89. The minimum absolute atomic E-state index is 0.137. The van der Waals surface area contributed by atoms with E-state index >= 15 is 0 Å². The van der Waals surface area contributed by atoms with Crippen LogP contribution >= 0.6 is 11.5 Å². The number of nitrogens with zero attached hydrogens (tertiary/aromatic N) is 5. The summed E-state index contributed by atoms with van der Waals surface area (Å²) < 4.78 is 17.2. The van der Waals surface area contributed by atoms with Crippen LogP contribution in [-0.2, 0) is 16.0 Å². The quantitative estimate of drug-likeness (QED) is 0.752. The summed E-state index contributed by atoms with van der Waals surface area (Å²) in [7, 11) is 0. The molecule has 2 saturated heterocycles. The Morgan fingerprint density at radius 1 is 1.46 bits per heavy atom. The van der Waals surface area contributed by atoms with Crippen molar-refractivity contribution in [3.05, 3.63) is 39.8 Å². The number of rotatable bonds is 3. The Hall–Kier alpha value is -2.17. The Morgan fingerprint density at radius 2 is 2.38 bits per heavy atom. The molecule has 10 heteroatoms. The molecule has 4 rings (SSSR count). The summed E-state index contributed by atoms with van der Waals surface area (Å²) in [6, 6.07) is 3.10. The molecule has 138 valence electrons. The highest BCUT2D eigenvalue weighted by atomic mass is 32.1. The molecule has 0 radical (unpaired) electrons. The summed E-state index contributed by atoms with van der Waals surface area (Å²) in [5, 5.41) is 9.60. The third-order valence-electron chi connectivity index (χ3n) is 4.72. The molecule has 1 amide bonds. The van der Waals surface area contributed by atoms with Gasteiger partial charge in [0.15, 0.2) is 5.69 Å². The van der Waals surface area contributed by atoms with E-state index in [0.29, 0.717) is 38.5 Å². The van der Waals surface area contributed by atoms with E-state index in [1.807, 2.05) is 0 Å². The van der Waals surface area contributed by atoms with E-state index in [0.717, 1.165) is 24.4 Å². The normalized spacial score (nSPS) is 26.2. The van der Waals surface area contributed by atoms with E-state index in [2.05, 4.69) is 14.7 Å². The SMILES string of the molecule is O=C(c1csnn1)N1CCOCC2(CCC(Cn3ncccc3=O)O2)C1. The molecule has 1 spiro atoms. The zero-order chi connectivity index (χ0) is 18.0. The zero-order valence-electron chi connectivity index (χ0n) is 14.1. The summed E-state index contributed by atoms with van der Waals surface area (Å²) in [5.41, 5.74) is -0.359. The minimum atomic E-state index is -0.557. The molecule has 2 aromatic heterocycles. The molecular weight excluding hydrogens is 358 g/mol. The summed E-state index contributed by atoms with van der Waals surface area (Å²) in [6.45, 7) is 2.21. The lowest BCUT2D eigenvalue weighted by Crippen LogP contribution is -2.47. The summed E-state index contributed by atoms with van der Waals surface area (Å²) >= 11 is 1.15. The van der Waals surface area contributed by atoms with Gasteiger partial charge in [-0.05, 0) is 30.4 Å². The van der Waals surface area contributed by atoms with E-state index in [1.54, 1.807) is 22.5 Å². The first-order valence-corrected chi connectivity index (χ1v) is 9.33. The van der Waals surface area contributed by atoms with Crippen LogP contribution in [0.4, 0.5) is 0 Å². The highest BCUT2D eigenvalue weighted by Gasteiger charge is 2.44. The van der Waals surface area contributed by atoms with Crippen LogP contribution in [0.2, 0.25) is 0 Å². The molecule has 2 aliphatic heterocycles. The second kappa shape index (κ2) is 7.22. The highest BCUT2D eigenvalue weighted by Crippen LogP contribution is 2.33. The average Bonchev–Trinajstić information content (AvgIpc) is 3.25. The number of aromatic nitrogens is 4. The smallest absolute Gasteiger partial charge is 0.275 e. The van der Waals surface area contributed by atoms with Crippen molar-refractivity contribution in [2.24, 2.45) is 0 Å². The highest BCUT2D eigenvalue weighted by molar-refractivity contribution is 7.03. The van der Waals surface area contributed by atoms with Gasteiger partial charge in [0.05, 0.1) is 32.4 Å². The second-order valence-corrected chi connectivity index (χ2v) is 7.18. The molecule has 2 aliphatic rings. The van der Waals surface area contributed by atoms with Crippen LogP contribution in [0.25, 0.3) is 0 Å². The van der Waals surface area contributed by atoms with Crippen LogP contribution in [0.3, 0.4) is 0 Å². The van der Waals surface area contributed by atoms with Crippen molar-refractivity contribution in [3.8, 4) is 0 Å². The molecule has 0 aromatic carbocycles. The Morgan fingerprint density at radius 3 is 3.19 bits per heavy atom. The van der Waals surface area contributed by atoms with Crippen LogP contribution in [0.5, 0.6) is 0 Å². The van der Waals surface area contributed by atoms with Crippen LogP contribution in [-0.4, -0.2) is 68.2 Å². The third kappa shape index (κ3) is 3.53. The van der Waals surface area contributed by atoms with Gasteiger partial charge in [-0.25, -0.2) is 4.68 Å². The first-order valence-electron chi connectivity index (χ1n) is 8.49. The van der Waals surface area contributed by atoms with Gasteiger partial charge < -0.3 is 14.4 Å². The van der Waals surface area contributed by atoms with Gasteiger partial charge in [0.2, 0.25) is 0 Å². The fourth-order valence-electron chi connectivity index (χ4n) is 3.46. The molecule has 0 aliphatic carbocycles. The standard InChI is InChI=1S/C16H19N5O4S/c22-14-2-1-5-17-21(14)8-12-3-4-16(25-12)10-20(6-7-24-11-16)15(23)13-9-26-19-18-13/h1-2,5,9,12H,3-4,6-8,10-11H2. The summed E-state index contributed by atoms with van der Waals surface area (Å²) in [4.78, 5) is 26.2. The molecule has 0 saturated carbocycles. The average molecular weight is 377 g/mol. The molecule has 2 fully saturated rings. The largest absolute Gasteiger partial charge is 0.377 e. The molecule has 2 aromatic rings. The third-order valence-corrected chi connectivity index (χ3v) is 5.22. The van der Waals surface area contributed by atoms with Gasteiger partial charge in [-0.1, -0.05) is 4.49 Å². The van der Waals surface area contributed by atoms with Crippen molar-refractivity contribution in [1.82, 2.24) is 24.3 Å². The molecule has 0 N–H and O–H groups in total. The van der Waals surface area contributed by atoms with E-state index in [-0.39, 0.29) is 17.6 Å². The van der Waals surface area contributed by atoms with Crippen molar-refractivity contribution in [1.29, 1.82) is 0 Å². The van der Waals surface area contributed by atoms with Gasteiger partial charge in [0.25, 0.3) is 11.5 Å². The van der Waals surface area contributed by atoms with Gasteiger partial charge in [-0.2, -0.15) is 5.10 Å². The molecular formula is C16H19N5O4S. The van der Waals surface area contributed by atoms with Crippen molar-refractivity contribution in [2.75, 3.05) is 26.3 Å². The van der Waals surface area contributed by atoms with Crippen LogP contribution in [0, 0.1) is 0 Å². The predicted octanol–water partition coefficient (Wildman–Crippen LogP) is 0.185. The molecule has 9 nitrogen and oxygen atoms in total. The van der Waals surface area contributed by atoms with E-state index in [1.165, 1.54) is 10.7 Å². The minimum Gasteiger partial charge on any atom is -0.377 e. The predicted molar refractivity (Wildman–Crippen MR) is 92.0 cm³/mol. The summed E-state index contributed by atoms with van der Waals surface area (Å²) in [6.07, 6.45) is 3.00. The fraction of sp³-hybridized carbons (Fsp3) is 0.562. The molecule has 0 bridgehead atoms. The number of carbonyl (C=O) groups excluding carboxylic acids is 1. The maximum Gasteiger partial charge on any atom is 0.275 e. The maximum absolute atomic E-state index is 12.6. The lowest BCUT2D eigenvalue weighted by molar-refractivity contribution is -0.0884. The number of carbonyl (C=O) groups is 1. The Bertz CT molecular complexity index is 826. The molecule has 2 unspecified atom stereocenters. The van der Waals surface area contributed by atoms with Crippen LogP contribution in [0.15, 0.2) is 28.5 Å². The Kier molecular flexibility index (Phi) is 4.79. The molecule has 26 heavy (non-hydrogen) atoms.